The van der Waals surface area contributed by atoms with E-state index >= 15 is 0 Å². The van der Waals surface area contributed by atoms with E-state index < -0.39 is 17.9 Å². The average molecular weight is 568 g/mol. The lowest BCUT2D eigenvalue weighted by Crippen LogP contribution is -2.71. The van der Waals surface area contributed by atoms with Crippen LogP contribution in [0.4, 0.5) is 0 Å². The fraction of sp³-hybridized carbons (Fsp3) is 0.600. The van der Waals surface area contributed by atoms with Crippen molar-refractivity contribution in [3.63, 3.8) is 0 Å². The molecule has 2 heterocycles. The number of carbonyl (C=O) groups excluding carboxylic acids is 4. The summed E-state index contributed by atoms with van der Waals surface area (Å²) in [4.78, 5) is 52.9. The third-order valence-corrected chi connectivity index (χ3v) is 10.7. The molecule has 6 aliphatic rings. The predicted molar refractivity (Wildman–Crippen MR) is 149 cm³/mol. The van der Waals surface area contributed by atoms with Gasteiger partial charge in [-0.3, -0.25) is 24.1 Å². The molecule has 7 rings (SSSR count). The Bertz CT molecular complexity index is 1210. The van der Waals surface area contributed by atoms with Crippen molar-refractivity contribution in [3.8, 4) is 5.75 Å². The molecule has 1 saturated heterocycles. The Morgan fingerprint density at radius 3 is 2.35 bits per heavy atom. The molecule has 9 nitrogen and oxygen atoms in total. The van der Waals surface area contributed by atoms with Crippen LogP contribution in [0.1, 0.15) is 57.4 Å². The van der Waals surface area contributed by atoms with E-state index in [0.717, 1.165) is 42.6 Å². The summed E-state index contributed by atoms with van der Waals surface area (Å²) < 4.78 is 5.19. The minimum atomic E-state index is -0.665. The second-order valence-electron chi connectivity index (χ2n) is 12.5. The number of nitrogens with zero attached hydrogens (tertiary/aromatic N) is 1. The standard InChI is InChI=1S/C30H37N3O6S/c1-17(34)39-15-22-16-40-29-25(32-24(36)14-30-11-19-8-20(12-30)10-21(9-19)13-30)28(38)33(29)26(22)27(37)31-7-6-18-2-4-23(35)5-3-18/h2-5,19-21,25,29,35H,6-16H2,1H3,(H,31,37)(H,32,36)/t19?,20?,21?,25-,29-,30?/m1/s1. The van der Waals surface area contributed by atoms with Gasteiger partial charge in [-0.1, -0.05) is 12.1 Å². The highest BCUT2D eigenvalue weighted by atomic mass is 32.2. The van der Waals surface area contributed by atoms with Gasteiger partial charge in [-0.05, 0) is 85.8 Å². The maximum atomic E-state index is 13.4. The Labute approximate surface area is 238 Å². The molecule has 10 heteroatoms. The van der Waals surface area contributed by atoms with Crippen molar-refractivity contribution in [2.75, 3.05) is 18.9 Å². The van der Waals surface area contributed by atoms with E-state index in [1.807, 2.05) is 0 Å². The fourth-order valence-corrected chi connectivity index (χ4v) is 9.46. The lowest BCUT2D eigenvalue weighted by molar-refractivity contribution is -0.149. The third-order valence-electron chi connectivity index (χ3n) is 9.36. The molecule has 214 valence electrons. The molecule has 3 amide bonds. The minimum Gasteiger partial charge on any atom is -0.508 e. The van der Waals surface area contributed by atoms with Gasteiger partial charge in [0.15, 0.2) is 0 Å². The van der Waals surface area contributed by atoms with Gasteiger partial charge in [0.2, 0.25) is 5.91 Å². The first-order valence-corrected chi connectivity index (χ1v) is 15.4. The number of nitrogens with one attached hydrogen (secondary N) is 2. The van der Waals surface area contributed by atoms with Gasteiger partial charge in [0.1, 0.15) is 29.5 Å². The number of hydrogen-bond donors (Lipinski definition) is 3. The summed E-state index contributed by atoms with van der Waals surface area (Å²) in [6.07, 6.45) is 8.37. The van der Waals surface area contributed by atoms with E-state index in [4.69, 9.17) is 4.74 Å². The number of β-lactam (4-membered cyclic amide) rings is 1. The van der Waals surface area contributed by atoms with Crippen LogP contribution in [0.15, 0.2) is 35.5 Å². The summed E-state index contributed by atoms with van der Waals surface area (Å²) in [7, 11) is 0. The second-order valence-corrected chi connectivity index (χ2v) is 13.6. The van der Waals surface area contributed by atoms with Gasteiger partial charge in [0.05, 0.1) is 0 Å². The average Bonchev–Trinajstić information content (AvgIpc) is 2.90. The van der Waals surface area contributed by atoms with Crippen molar-refractivity contribution in [2.24, 2.45) is 23.2 Å². The number of rotatable bonds is 9. The maximum absolute atomic E-state index is 13.4. The van der Waals surface area contributed by atoms with Crippen LogP contribution in [0, 0.1) is 23.2 Å². The van der Waals surface area contributed by atoms with Gasteiger partial charge >= 0.3 is 5.97 Å². The number of carbonyl (C=O) groups is 4. The van der Waals surface area contributed by atoms with E-state index in [0.29, 0.717) is 30.7 Å². The monoisotopic (exact) mass is 567 g/mol. The van der Waals surface area contributed by atoms with E-state index in [9.17, 15) is 24.3 Å². The Kier molecular flexibility index (Phi) is 7.31. The molecule has 0 aromatic heterocycles. The number of aromatic hydroxyl groups is 1. The van der Waals surface area contributed by atoms with Crippen LogP contribution in [0.5, 0.6) is 5.75 Å². The first kappa shape index (κ1) is 27.2. The molecule has 1 aromatic rings. The highest BCUT2D eigenvalue weighted by Gasteiger charge is 2.55. The minimum absolute atomic E-state index is 0.0601. The molecule has 4 bridgehead atoms. The zero-order valence-electron chi connectivity index (χ0n) is 22.8. The summed E-state index contributed by atoms with van der Waals surface area (Å²) in [5.74, 6) is 1.63. The quantitative estimate of drug-likeness (QED) is 0.310. The van der Waals surface area contributed by atoms with Crippen LogP contribution in [0.25, 0.3) is 0 Å². The third kappa shape index (κ3) is 5.34. The van der Waals surface area contributed by atoms with E-state index in [-0.39, 0.29) is 40.7 Å². The summed E-state index contributed by atoms with van der Waals surface area (Å²) in [5.41, 5.74) is 1.83. The number of esters is 1. The fourth-order valence-electron chi connectivity index (χ4n) is 8.14. The lowest BCUT2D eigenvalue weighted by atomic mass is 9.49. The molecular weight excluding hydrogens is 530 g/mol. The maximum Gasteiger partial charge on any atom is 0.302 e. The van der Waals surface area contributed by atoms with Crippen LogP contribution in [-0.4, -0.2) is 64.0 Å². The van der Waals surface area contributed by atoms with Crippen LogP contribution in [0.2, 0.25) is 0 Å². The van der Waals surface area contributed by atoms with Crippen LogP contribution >= 0.6 is 11.8 Å². The first-order valence-electron chi connectivity index (χ1n) is 14.4. The van der Waals surface area contributed by atoms with Crippen molar-refractivity contribution >= 4 is 35.5 Å². The number of phenolic OH excluding ortho intramolecular Hbond substituents is 1. The summed E-state index contributed by atoms with van der Waals surface area (Å²) in [6, 6.07) is 6.10. The number of ether oxygens (including phenoxy) is 1. The van der Waals surface area contributed by atoms with Gasteiger partial charge in [0, 0.05) is 31.2 Å². The van der Waals surface area contributed by atoms with Gasteiger partial charge in [-0.2, -0.15) is 0 Å². The van der Waals surface area contributed by atoms with Crippen molar-refractivity contribution in [1.29, 1.82) is 0 Å². The van der Waals surface area contributed by atoms with Crippen molar-refractivity contribution < 1.29 is 29.0 Å². The molecule has 4 saturated carbocycles. The van der Waals surface area contributed by atoms with Gasteiger partial charge < -0.3 is 20.5 Å². The lowest BCUT2D eigenvalue weighted by Gasteiger charge is -2.57. The zero-order valence-corrected chi connectivity index (χ0v) is 23.6. The summed E-state index contributed by atoms with van der Waals surface area (Å²) in [5, 5.41) is 15.0. The molecule has 5 fully saturated rings. The van der Waals surface area contributed by atoms with E-state index in [1.54, 1.807) is 24.3 Å². The number of phenols is 1. The number of benzene rings is 1. The van der Waals surface area contributed by atoms with E-state index in [2.05, 4.69) is 10.6 Å². The molecule has 0 spiro atoms. The molecule has 4 aliphatic carbocycles. The Morgan fingerprint density at radius 1 is 1.07 bits per heavy atom. The molecular formula is C30H37N3O6S. The molecule has 0 radical (unpaired) electrons. The molecule has 3 N–H and O–H groups in total. The Hall–Kier alpha value is -3.01. The molecule has 0 unspecified atom stereocenters. The molecule has 1 aromatic carbocycles. The molecule has 2 aliphatic heterocycles. The van der Waals surface area contributed by atoms with Crippen LogP contribution in [0.3, 0.4) is 0 Å². The largest absolute Gasteiger partial charge is 0.508 e. The summed E-state index contributed by atoms with van der Waals surface area (Å²) >= 11 is 1.48. The molecule has 40 heavy (non-hydrogen) atoms. The highest BCUT2D eigenvalue weighted by Crippen LogP contribution is 2.61. The van der Waals surface area contributed by atoms with Crippen LogP contribution < -0.4 is 10.6 Å². The summed E-state index contributed by atoms with van der Waals surface area (Å²) in [6.45, 7) is 1.57. The first-order chi connectivity index (χ1) is 19.2. The number of hydrogen-bond acceptors (Lipinski definition) is 7. The Balaban J connectivity index is 1.10. The normalized spacial score (nSPS) is 31.9. The van der Waals surface area contributed by atoms with Crippen molar-refractivity contribution in [3.05, 3.63) is 41.1 Å². The molecule has 2 atom stereocenters. The topological polar surface area (TPSA) is 125 Å². The van der Waals surface area contributed by atoms with Gasteiger partial charge in [-0.25, -0.2) is 0 Å². The van der Waals surface area contributed by atoms with Crippen molar-refractivity contribution in [1.82, 2.24) is 15.5 Å². The zero-order chi connectivity index (χ0) is 28.0. The smallest absolute Gasteiger partial charge is 0.302 e. The second kappa shape index (κ2) is 10.8. The van der Waals surface area contributed by atoms with Gasteiger partial charge in [0.25, 0.3) is 11.8 Å². The van der Waals surface area contributed by atoms with Crippen molar-refractivity contribution in [2.45, 2.75) is 69.7 Å². The van der Waals surface area contributed by atoms with Crippen LogP contribution in [-0.2, 0) is 30.3 Å². The highest BCUT2D eigenvalue weighted by molar-refractivity contribution is 8.00. The van der Waals surface area contributed by atoms with Gasteiger partial charge in [-0.15, -0.1) is 11.8 Å². The SMILES string of the molecule is CC(=O)OCC1=C(C(=O)NCCc2ccc(O)cc2)N2C(=O)[C@@H](NC(=O)CC34CC5CC(CC(C5)C3)C4)[C@H]2SC1. The Morgan fingerprint density at radius 2 is 1.73 bits per heavy atom. The predicted octanol–water partition coefficient (Wildman–Crippen LogP) is 2.87. The number of amides is 3. The number of thioether (sulfide) groups is 1. The van der Waals surface area contributed by atoms with E-state index in [1.165, 1.54) is 42.8 Å². The number of fused-ring (bicyclic) bond motifs is 1.